The van der Waals surface area contributed by atoms with E-state index in [1.54, 1.807) is 0 Å². The molecule has 1 unspecified atom stereocenters. The van der Waals surface area contributed by atoms with Crippen LogP contribution >= 0.6 is 0 Å². The molecule has 1 atom stereocenters. The summed E-state index contributed by atoms with van der Waals surface area (Å²) in [5.41, 5.74) is 10.7. The number of amides is 2. The molecule has 2 amide bonds. The van der Waals surface area contributed by atoms with E-state index < -0.39 is 6.04 Å². The molecule has 0 radical (unpaired) electrons. The Bertz CT molecular complexity index is 219. The normalized spacial score (nSPS) is 12.1. The van der Waals surface area contributed by atoms with Gasteiger partial charge in [0.1, 0.15) is 0 Å². The van der Waals surface area contributed by atoms with Crippen molar-refractivity contribution in [2.24, 2.45) is 11.5 Å². The van der Waals surface area contributed by atoms with Crippen molar-refractivity contribution in [2.75, 3.05) is 6.54 Å². The van der Waals surface area contributed by atoms with E-state index >= 15 is 0 Å². The van der Waals surface area contributed by atoms with E-state index in [1.165, 1.54) is 0 Å². The molecule has 0 aromatic heterocycles. The van der Waals surface area contributed by atoms with Gasteiger partial charge in [-0.25, -0.2) is 0 Å². The van der Waals surface area contributed by atoms with Gasteiger partial charge in [-0.1, -0.05) is 19.8 Å². The van der Waals surface area contributed by atoms with Crippen LogP contribution < -0.4 is 16.8 Å². The van der Waals surface area contributed by atoms with Crippen LogP contribution in [0.2, 0.25) is 0 Å². The van der Waals surface area contributed by atoms with E-state index in [9.17, 15) is 9.59 Å². The number of unbranched alkanes of at least 4 members (excludes halogenated alkanes) is 2. The molecule has 0 aliphatic rings. The minimum Gasteiger partial charge on any atom is -0.370 e. The van der Waals surface area contributed by atoms with E-state index in [2.05, 4.69) is 12.2 Å². The molecule has 0 aromatic rings. The summed E-state index contributed by atoms with van der Waals surface area (Å²) in [5.74, 6) is -0.404. The molecule has 94 valence electrons. The molecule has 5 heteroatoms. The number of hydrogen-bond acceptors (Lipinski definition) is 3. The van der Waals surface area contributed by atoms with Crippen molar-refractivity contribution in [3.05, 3.63) is 0 Å². The summed E-state index contributed by atoms with van der Waals surface area (Å²) < 4.78 is 0. The number of nitrogens with one attached hydrogen (secondary N) is 1. The van der Waals surface area contributed by atoms with E-state index in [-0.39, 0.29) is 11.8 Å². The predicted octanol–water partition coefficient (Wildman–Crippen LogP) is 0.276. The second-order valence-corrected chi connectivity index (χ2v) is 3.96. The van der Waals surface area contributed by atoms with Gasteiger partial charge < -0.3 is 16.8 Å². The van der Waals surface area contributed by atoms with Gasteiger partial charge in [0.25, 0.3) is 0 Å². The van der Waals surface area contributed by atoms with Crippen molar-refractivity contribution in [1.82, 2.24) is 5.32 Å². The lowest BCUT2D eigenvalue weighted by Gasteiger charge is -2.11. The Labute approximate surface area is 96.9 Å². The third-order valence-electron chi connectivity index (χ3n) is 2.35. The Balaban J connectivity index is 3.45. The summed E-state index contributed by atoms with van der Waals surface area (Å²) in [6, 6.07) is -0.406. The zero-order chi connectivity index (χ0) is 12.4. The minimum atomic E-state index is -0.406. The molecule has 0 saturated heterocycles. The molecule has 0 bridgehead atoms. The highest BCUT2D eigenvalue weighted by atomic mass is 16.2. The molecular formula is C11H23N3O2. The van der Waals surface area contributed by atoms with Gasteiger partial charge in [0.15, 0.2) is 0 Å². The third-order valence-corrected chi connectivity index (χ3v) is 2.35. The number of carbonyl (C=O) groups is 2. The lowest BCUT2D eigenvalue weighted by Crippen LogP contribution is -2.40. The smallest absolute Gasteiger partial charge is 0.236 e. The molecule has 0 spiro atoms. The van der Waals surface area contributed by atoms with Crippen LogP contribution in [-0.4, -0.2) is 24.4 Å². The summed E-state index contributed by atoms with van der Waals surface area (Å²) in [6.07, 6.45) is 4.58. The van der Waals surface area contributed by atoms with Crippen LogP contribution in [0.5, 0.6) is 0 Å². The van der Waals surface area contributed by atoms with Gasteiger partial charge in [0, 0.05) is 13.0 Å². The maximum atomic E-state index is 11.4. The lowest BCUT2D eigenvalue weighted by atomic mass is 10.1. The SMILES string of the molecule is CCCCC(N)C(=O)NCCCCC(N)=O. The van der Waals surface area contributed by atoms with Crippen LogP contribution in [0.25, 0.3) is 0 Å². The van der Waals surface area contributed by atoms with Gasteiger partial charge in [-0.05, 0) is 19.3 Å². The molecule has 0 aromatic carbocycles. The van der Waals surface area contributed by atoms with Crippen molar-refractivity contribution in [3.63, 3.8) is 0 Å². The van der Waals surface area contributed by atoms with Crippen molar-refractivity contribution >= 4 is 11.8 Å². The van der Waals surface area contributed by atoms with Crippen LogP contribution in [0.3, 0.4) is 0 Å². The van der Waals surface area contributed by atoms with E-state index in [0.717, 1.165) is 25.7 Å². The Kier molecular flexibility index (Phi) is 8.52. The molecule has 16 heavy (non-hydrogen) atoms. The highest BCUT2D eigenvalue weighted by Gasteiger charge is 2.11. The van der Waals surface area contributed by atoms with Crippen LogP contribution in [0.15, 0.2) is 0 Å². The third kappa shape index (κ3) is 8.23. The molecule has 0 saturated carbocycles. The van der Waals surface area contributed by atoms with Crippen molar-refractivity contribution in [3.8, 4) is 0 Å². The molecule has 0 aliphatic heterocycles. The summed E-state index contributed by atoms with van der Waals surface area (Å²) in [4.78, 5) is 21.9. The summed E-state index contributed by atoms with van der Waals surface area (Å²) in [6.45, 7) is 2.63. The summed E-state index contributed by atoms with van der Waals surface area (Å²) in [5, 5.41) is 2.75. The average Bonchev–Trinajstić information content (AvgIpc) is 2.24. The first-order chi connectivity index (χ1) is 7.57. The standard InChI is InChI=1S/C11H23N3O2/c1-2-3-6-9(12)11(16)14-8-5-4-7-10(13)15/h9H,2-8,12H2,1H3,(H2,13,15)(H,14,16). The molecular weight excluding hydrogens is 206 g/mol. The number of nitrogens with two attached hydrogens (primary N) is 2. The topological polar surface area (TPSA) is 98.2 Å². The first-order valence-corrected chi connectivity index (χ1v) is 5.89. The van der Waals surface area contributed by atoms with Crippen LogP contribution in [-0.2, 0) is 9.59 Å². The van der Waals surface area contributed by atoms with Gasteiger partial charge in [-0.15, -0.1) is 0 Å². The van der Waals surface area contributed by atoms with Crippen molar-refractivity contribution in [2.45, 2.75) is 51.5 Å². The maximum absolute atomic E-state index is 11.4. The maximum Gasteiger partial charge on any atom is 0.236 e. The van der Waals surface area contributed by atoms with Gasteiger partial charge in [-0.3, -0.25) is 9.59 Å². The predicted molar refractivity (Wildman–Crippen MR) is 63.6 cm³/mol. The number of rotatable bonds is 9. The monoisotopic (exact) mass is 229 g/mol. The largest absolute Gasteiger partial charge is 0.370 e. The fraction of sp³-hybridized carbons (Fsp3) is 0.818. The second-order valence-electron chi connectivity index (χ2n) is 3.96. The molecule has 0 fully saturated rings. The number of carbonyl (C=O) groups excluding carboxylic acids is 2. The molecule has 5 nitrogen and oxygen atoms in total. The highest BCUT2D eigenvalue weighted by Crippen LogP contribution is 1.98. The van der Waals surface area contributed by atoms with Gasteiger partial charge in [0.05, 0.1) is 6.04 Å². The molecule has 0 heterocycles. The van der Waals surface area contributed by atoms with E-state index in [1.807, 2.05) is 0 Å². The van der Waals surface area contributed by atoms with Gasteiger partial charge in [-0.2, -0.15) is 0 Å². The highest BCUT2D eigenvalue weighted by molar-refractivity contribution is 5.81. The first-order valence-electron chi connectivity index (χ1n) is 5.89. The van der Waals surface area contributed by atoms with Crippen LogP contribution in [0, 0.1) is 0 Å². The molecule has 0 aliphatic carbocycles. The molecule has 0 rings (SSSR count). The van der Waals surface area contributed by atoms with Crippen molar-refractivity contribution in [1.29, 1.82) is 0 Å². The van der Waals surface area contributed by atoms with E-state index in [0.29, 0.717) is 19.4 Å². The lowest BCUT2D eigenvalue weighted by molar-refractivity contribution is -0.122. The van der Waals surface area contributed by atoms with Gasteiger partial charge >= 0.3 is 0 Å². The Hall–Kier alpha value is -1.10. The number of hydrogen-bond donors (Lipinski definition) is 3. The Morgan fingerprint density at radius 1 is 1.25 bits per heavy atom. The quantitative estimate of drug-likeness (QED) is 0.495. The number of primary amides is 1. The molecule has 5 N–H and O–H groups in total. The second kappa shape index (κ2) is 9.15. The van der Waals surface area contributed by atoms with Crippen LogP contribution in [0.4, 0.5) is 0 Å². The summed E-state index contributed by atoms with van der Waals surface area (Å²) >= 11 is 0. The Morgan fingerprint density at radius 3 is 2.50 bits per heavy atom. The average molecular weight is 229 g/mol. The van der Waals surface area contributed by atoms with Crippen molar-refractivity contribution < 1.29 is 9.59 Å². The zero-order valence-electron chi connectivity index (χ0n) is 10.00. The summed E-state index contributed by atoms with van der Waals surface area (Å²) in [7, 11) is 0. The van der Waals surface area contributed by atoms with Gasteiger partial charge in [0.2, 0.25) is 11.8 Å². The van der Waals surface area contributed by atoms with E-state index in [4.69, 9.17) is 11.5 Å². The fourth-order valence-electron chi connectivity index (χ4n) is 1.32. The fourth-order valence-corrected chi connectivity index (χ4v) is 1.32. The minimum absolute atomic E-state index is 0.104. The zero-order valence-corrected chi connectivity index (χ0v) is 10.00. The first kappa shape index (κ1) is 14.9. The Morgan fingerprint density at radius 2 is 1.94 bits per heavy atom. The van der Waals surface area contributed by atoms with Crippen LogP contribution in [0.1, 0.15) is 45.4 Å².